The van der Waals surface area contributed by atoms with Crippen molar-refractivity contribution in [3.8, 4) is 11.4 Å². The molecule has 2 aromatic carbocycles. The number of hydrogen-bond acceptors (Lipinski definition) is 6. The Morgan fingerprint density at radius 2 is 1.74 bits per heavy atom. The zero-order chi connectivity index (χ0) is 21.8. The Kier molecular flexibility index (Phi) is 6.41. The van der Waals surface area contributed by atoms with Crippen molar-refractivity contribution < 1.29 is 9.18 Å². The molecule has 0 saturated carbocycles. The highest BCUT2D eigenvalue weighted by atomic mass is 32.2. The number of hydrogen-bond donors (Lipinski definition) is 2. The molecule has 1 unspecified atom stereocenters. The summed E-state index contributed by atoms with van der Waals surface area (Å²) in [6.45, 7) is 3.95. The maximum atomic E-state index is 13.1. The summed E-state index contributed by atoms with van der Waals surface area (Å²) >= 11 is 1.21. The van der Waals surface area contributed by atoms with Crippen LogP contribution in [-0.2, 0) is 4.79 Å². The fourth-order valence-electron chi connectivity index (χ4n) is 3.52. The predicted octanol–water partition coefficient (Wildman–Crippen LogP) is 3.91. The maximum absolute atomic E-state index is 13.1. The van der Waals surface area contributed by atoms with Crippen LogP contribution in [0.3, 0.4) is 0 Å². The molecule has 1 amide bonds. The molecule has 1 atom stereocenters. The number of piperidine rings is 1. The summed E-state index contributed by atoms with van der Waals surface area (Å²) < 4.78 is 14.5. The van der Waals surface area contributed by atoms with Gasteiger partial charge in [0, 0.05) is 30.0 Å². The van der Waals surface area contributed by atoms with E-state index in [0.29, 0.717) is 16.5 Å². The van der Waals surface area contributed by atoms with Crippen molar-refractivity contribution in [2.24, 2.45) is 0 Å². The van der Waals surface area contributed by atoms with Crippen LogP contribution in [0.15, 0.2) is 53.7 Å². The van der Waals surface area contributed by atoms with E-state index >= 15 is 0 Å². The third-order valence-corrected chi connectivity index (χ3v) is 6.33. The second-order valence-corrected chi connectivity index (χ2v) is 8.83. The first-order valence-electron chi connectivity index (χ1n) is 10.3. The van der Waals surface area contributed by atoms with E-state index in [4.69, 9.17) is 5.84 Å². The van der Waals surface area contributed by atoms with Crippen molar-refractivity contribution in [3.05, 3.63) is 54.3 Å². The zero-order valence-electron chi connectivity index (χ0n) is 17.3. The summed E-state index contributed by atoms with van der Waals surface area (Å²) in [6.07, 6.45) is 3.74. The van der Waals surface area contributed by atoms with Gasteiger partial charge in [-0.05, 0) is 74.7 Å². The fourth-order valence-corrected chi connectivity index (χ4v) is 4.29. The molecule has 162 valence electrons. The molecule has 31 heavy (non-hydrogen) atoms. The van der Waals surface area contributed by atoms with Gasteiger partial charge < -0.3 is 16.1 Å². The Morgan fingerprint density at radius 1 is 1.06 bits per heavy atom. The molecule has 4 rings (SSSR count). The van der Waals surface area contributed by atoms with E-state index in [0.717, 1.165) is 18.8 Å². The van der Waals surface area contributed by atoms with Crippen molar-refractivity contribution >= 4 is 29.0 Å². The summed E-state index contributed by atoms with van der Waals surface area (Å²) in [5.74, 6) is 6.02. The van der Waals surface area contributed by atoms with Gasteiger partial charge in [-0.3, -0.25) is 4.79 Å². The number of benzene rings is 2. The van der Waals surface area contributed by atoms with Gasteiger partial charge in [0.1, 0.15) is 5.82 Å². The number of nitrogen functional groups attached to an aromatic ring is 1. The van der Waals surface area contributed by atoms with Crippen LogP contribution in [0, 0.1) is 5.82 Å². The number of thioether (sulfide) groups is 1. The minimum absolute atomic E-state index is 0.151. The van der Waals surface area contributed by atoms with Crippen LogP contribution in [0.1, 0.15) is 26.2 Å². The van der Waals surface area contributed by atoms with Gasteiger partial charge in [-0.1, -0.05) is 11.8 Å². The van der Waals surface area contributed by atoms with E-state index in [1.165, 1.54) is 53.5 Å². The largest absolute Gasteiger partial charge is 0.372 e. The molecule has 7 nitrogen and oxygen atoms in total. The van der Waals surface area contributed by atoms with E-state index in [-0.39, 0.29) is 11.7 Å². The zero-order valence-corrected chi connectivity index (χ0v) is 18.1. The summed E-state index contributed by atoms with van der Waals surface area (Å²) in [4.78, 5) is 15.0. The normalized spacial score (nSPS) is 15.0. The van der Waals surface area contributed by atoms with Crippen molar-refractivity contribution in [2.75, 3.05) is 29.1 Å². The molecule has 1 saturated heterocycles. The van der Waals surface area contributed by atoms with Gasteiger partial charge in [-0.25, -0.2) is 9.07 Å². The summed E-state index contributed by atoms with van der Waals surface area (Å²) in [5.41, 5.74) is 2.58. The lowest BCUT2D eigenvalue weighted by Gasteiger charge is -2.28. The molecule has 0 radical (unpaired) electrons. The number of nitrogens with zero attached hydrogens (tertiary/aromatic N) is 4. The lowest BCUT2D eigenvalue weighted by molar-refractivity contribution is -0.115. The molecule has 1 aliphatic heterocycles. The molecule has 2 heterocycles. The third kappa shape index (κ3) is 4.99. The number of carbonyl (C=O) groups excluding carboxylic acids is 1. The standard InChI is InChI=1S/C22H25FN6OS/c1-15(31-22-27-26-20(29(22)24)16-5-7-17(23)8-6-16)21(30)25-18-9-11-19(12-10-18)28-13-3-2-4-14-28/h5-12,15H,2-4,13-14,24H2,1H3,(H,25,30). The Hall–Kier alpha value is -3.07. The maximum Gasteiger partial charge on any atom is 0.237 e. The average molecular weight is 441 g/mol. The quantitative estimate of drug-likeness (QED) is 0.446. The fraction of sp³-hybridized carbons (Fsp3) is 0.318. The van der Waals surface area contributed by atoms with Crippen LogP contribution in [0.25, 0.3) is 11.4 Å². The number of aromatic nitrogens is 3. The second-order valence-electron chi connectivity index (χ2n) is 7.53. The van der Waals surface area contributed by atoms with E-state index in [1.807, 2.05) is 24.3 Å². The Balaban J connectivity index is 1.37. The lowest BCUT2D eigenvalue weighted by Crippen LogP contribution is -2.29. The van der Waals surface area contributed by atoms with Crippen LogP contribution in [0.4, 0.5) is 15.8 Å². The minimum atomic E-state index is -0.436. The van der Waals surface area contributed by atoms with Crippen molar-refractivity contribution in [1.82, 2.24) is 14.9 Å². The first-order chi connectivity index (χ1) is 15.0. The molecule has 0 bridgehead atoms. The highest BCUT2D eigenvalue weighted by Gasteiger charge is 2.20. The van der Waals surface area contributed by atoms with E-state index in [9.17, 15) is 9.18 Å². The highest BCUT2D eigenvalue weighted by molar-refractivity contribution is 8.00. The van der Waals surface area contributed by atoms with Crippen molar-refractivity contribution in [3.63, 3.8) is 0 Å². The average Bonchev–Trinajstić information content (AvgIpc) is 3.15. The SMILES string of the molecule is CC(Sc1nnc(-c2ccc(F)cc2)n1N)C(=O)Nc1ccc(N2CCCCC2)cc1. The first kappa shape index (κ1) is 21.2. The second kappa shape index (κ2) is 9.38. The first-order valence-corrected chi connectivity index (χ1v) is 11.2. The van der Waals surface area contributed by atoms with Gasteiger partial charge in [-0.2, -0.15) is 0 Å². The number of nitrogens with one attached hydrogen (secondary N) is 1. The molecular weight excluding hydrogens is 415 g/mol. The van der Waals surface area contributed by atoms with Gasteiger partial charge in [0.2, 0.25) is 11.1 Å². The Morgan fingerprint density at radius 3 is 2.42 bits per heavy atom. The third-order valence-electron chi connectivity index (χ3n) is 5.27. The molecule has 1 aliphatic rings. The van der Waals surface area contributed by atoms with Gasteiger partial charge in [-0.15, -0.1) is 10.2 Å². The molecular formula is C22H25FN6OS. The van der Waals surface area contributed by atoms with Crippen molar-refractivity contribution in [1.29, 1.82) is 0 Å². The molecule has 3 N–H and O–H groups in total. The number of nitrogens with two attached hydrogens (primary N) is 1. The topological polar surface area (TPSA) is 89.1 Å². The van der Waals surface area contributed by atoms with E-state index in [2.05, 4.69) is 20.4 Å². The van der Waals surface area contributed by atoms with Crippen LogP contribution in [0.5, 0.6) is 0 Å². The lowest BCUT2D eigenvalue weighted by atomic mass is 10.1. The van der Waals surface area contributed by atoms with Gasteiger partial charge in [0.25, 0.3) is 0 Å². The highest BCUT2D eigenvalue weighted by Crippen LogP contribution is 2.26. The summed E-state index contributed by atoms with van der Waals surface area (Å²) in [5, 5.41) is 11.1. The van der Waals surface area contributed by atoms with Crippen LogP contribution in [0.2, 0.25) is 0 Å². The number of rotatable bonds is 6. The summed E-state index contributed by atoms with van der Waals surface area (Å²) in [6, 6.07) is 13.8. The van der Waals surface area contributed by atoms with Crippen molar-refractivity contribution in [2.45, 2.75) is 36.6 Å². The molecule has 0 spiro atoms. The van der Waals surface area contributed by atoms with Crippen LogP contribution >= 0.6 is 11.8 Å². The van der Waals surface area contributed by atoms with Gasteiger partial charge in [0.15, 0.2) is 5.82 Å². The number of halogens is 1. The molecule has 9 heteroatoms. The van der Waals surface area contributed by atoms with E-state index in [1.54, 1.807) is 19.1 Å². The smallest absolute Gasteiger partial charge is 0.237 e. The predicted molar refractivity (Wildman–Crippen MR) is 122 cm³/mol. The van der Waals surface area contributed by atoms with Crippen LogP contribution < -0.4 is 16.1 Å². The minimum Gasteiger partial charge on any atom is -0.372 e. The molecule has 0 aliphatic carbocycles. The molecule has 1 aromatic heterocycles. The Labute approximate surface area is 184 Å². The monoisotopic (exact) mass is 440 g/mol. The molecule has 1 fully saturated rings. The van der Waals surface area contributed by atoms with Gasteiger partial charge >= 0.3 is 0 Å². The van der Waals surface area contributed by atoms with E-state index < -0.39 is 5.25 Å². The Bertz CT molecular complexity index is 1030. The molecule has 3 aromatic rings. The number of amides is 1. The summed E-state index contributed by atoms with van der Waals surface area (Å²) in [7, 11) is 0. The number of carbonyl (C=O) groups is 1. The number of anilines is 2. The van der Waals surface area contributed by atoms with Gasteiger partial charge in [0.05, 0.1) is 5.25 Å². The van der Waals surface area contributed by atoms with Crippen LogP contribution in [-0.4, -0.2) is 39.1 Å².